The molecule has 0 fully saturated rings. The highest BCUT2D eigenvalue weighted by molar-refractivity contribution is 7.71. The molecule has 0 amide bonds. The van der Waals surface area contributed by atoms with Crippen molar-refractivity contribution in [2.75, 3.05) is 0 Å². The van der Waals surface area contributed by atoms with Crippen LogP contribution in [-0.2, 0) is 6.42 Å². The van der Waals surface area contributed by atoms with E-state index in [-0.39, 0.29) is 16.2 Å². The minimum Gasteiger partial charge on any atom is -0.494 e. The molecule has 0 aliphatic heterocycles. The van der Waals surface area contributed by atoms with E-state index < -0.39 is 5.56 Å². The van der Waals surface area contributed by atoms with Gasteiger partial charge >= 0.3 is 0 Å². The third-order valence-corrected chi connectivity index (χ3v) is 4.60. The van der Waals surface area contributed by atoms with E-state index in [9.17, 15) is 9.90 Å². The van der Waals surface area contributed by atoms with Gasteiger partial charge in [-0.2, -0.15) is 0 Å². The molecule has 0 aliphatic rings. The van der Waals surface area contributed by atoms with E-state index >= 15 is 0 Å². The fourth-order valence-electron chi connectivity index (χ4n) is 2.46. The number of nitrogens with zero attached hydrogens (tertiary/aromatic N) is 2. The van der Waals surface area contributed by atoms with Gasteiger partial charge in [-0.3, -0.25) is 9.78 Å². The predicted molar refractivity (Wildman–Crippen MR) is 107 cm³/mol. The summed E-state index contributed by atoms with van der Waals surface area (Å²) in [7, 11) is 0. The van der Waals surface area contributed by atoms with E-state index in [0.29, 0.717) is 11.0 Å². The van der Waals surface area contributed by atoms with Crippen LogP contribution >= 0.6 is 23.6 Å². The van der Waals surface area contributed by atoms with Crippen LogP contribution in [0, 0.1) is 10.7 Å². The van der Waals surface area contributed by atoms with E-state index in [4.69, 9.17) is 12.2 Å². The Balaban J connectivity index is 1.80. The molecule has 0 radical (unpaired) electrons. The summed E-state index contributed by atoms with van der Waals surface area (Å²) in [4.78, 5) is 25.3. The Kier molecular flexibility index (Phi) is 5.43. The van der Waals surface area contributed by atoms with Gasteiger partial charge in [-0.05, 0) is 30.1 Å². The molecule has 134 valence electrons. The lowest BCUT2D eigenvalue weighted by molar-refractivity contribution is 0.449. The van der Waals surface area contributed by atoms with Gasteiger partial charge in [0.15, 0.2) is 4.77 Å². The number of thiazole rings is 1. The molecule has 0 aliphatic carbocycles. The number of rotatable bonds is 5. The van der Waals surface area contributed by atoms with Gasteiger partial charge in [0, 0.05) is 17.2 Å². The first-order chi connectivity index (χ1) is 12.4. The molecule has 8 heteroatoms. The second kappa shape index (κ2) is 7.76. The van der Waals surface area contributed by atoms with Gasteiger partial charge in [0.05, 0.1) is 5.69 Å². The number of nitrogens with one attached hydrogen (secondary N) is 2. The molecular formula is C18H18N4O2S2. The van der Waals surface area contributed by atoms with Gasteiger partial charge in [0.2, 0.25) is 11.0 Å². The number of aromatic hydroxyl groups is 1. The fourth-order valence-corrected chi connectivity index (χ4v) is 3.32. The predicted octanol–water partition coefficient (Wildman–Crippen LogP) is 4.21. The van der Waals surface area contributed by atoms with Crippen LogP contribution in [-0.4, -0.2) is 26.3 Å². The quantitative estimate of drug-likeness (QED) is 0.452. The van der Waals surface area contributed by atoms with Crippen LogP contribution in [0.1, 0.15) is 25.0 Å². The van der Waals surface area contributed by atoms with Crippen molar-refractivity contribution in [3.8, 4) is 17.1 Å². The zero-order valence-corrected chi connectivity index (χ0v) is 15.9. The van der Waals surface area contributed by atoms with E-state index in [2.05, 4.69) is 45.9 Å². The second-order valence-electron chi connectivity index (χ2n) is 6.24. The fraction of sp³-hybridized carbons (Fsp3) is 0.222. The first kappa shape index (κ1) is 18.2. The number of aliphatic imine (C=N–C) groups is 1. The first-order valence-corrected chi connectivity index (χ1v) is 9.35. The summed E-state index contributed by atoms with van der Waals surface area (Å²) >= 11 is 6.15. The van der Waals surface area contributed by atoms with Crippen LogP contribution in [0.25, 0.3) is 11.3 Å². The van der Waals surface area contributed by atoms with Gasteiger partial charge in [-0.1, -0.05) is 38.1 Å². The summed E-state index contributed by atoms with van der Waals surface area (Å²) in [5.41, 5.74) is 2.64. The van der Waals surface area contributed by atoms with Crippen molar-refractivity contribution < 1.29 is 5.11 Å². The van der Waals surface area contributed by atoms with Crippen LogP contribution in [0.3, 0.4) is 0 Å². The van der Waals surface area contributed by atoms with Gasteiger partial charge in [-0.25, -0.2) is 9.98 Å². The van der Waals surface area contributed by atoms with Crippen molar-refractivity contribution in [2.24, 2.45) is 10.9 Å². The Morgan fingerprint density at radius 2 is 2.04 bits per heavy atom. The van der Waals surface area contributed by atoms with Crippen molar-refractivity contribution in [3.05, 3.63) is 55.9 Å². The number of aromatic nitrogens is 3. The summed E-state index contributed by atoms with van der Waals surface area (Å²) in [5.74, 6) is 0.299. The van der Waals surface area contributed by atoms with E-state index in [1.165, 1.54) is 23.1 Å². The van der Waals surface area contributed by atoms with E-state index in [0.717, 1.165) is 17.7 Å². The second-order valence-corrected chi connectivity index (χ2v) is 7.48. The minimum absolute atomic E-state index is 0.00777. The molecule has 6 nitrogen and oxygen atoms in total. The molecule has 0 spiro atoms. The van der Waals surface area contributed by atoms with E-state index in [1.807, 2.05) is 17.5 Å². The van der Waals surface area contributed by atoms with Gasteiger partial charge in [0.1, 0.15) is 5.56 Å². The SMILES string of the molecule is CC(C)Cc1ccc(-c2csc(/N=C/c3c(O)[nH]c(=S)[nH]c3=O)n2)cc1. The molecule has 0 atom stereocenters. The molecule has 1 aromatic carbocycles. The van der Waals surface area contributed by atoms with Crippen molar-refractivity contribution in [1.82, 2.24) is 15.0 Å². The monoisotopic (exact) mass is 386 g/mol. The lowest BCUT2D eigenvalue weighted by Gasteiger charge is -2.05. The van der Waals surface area contributed by atoms with Crippen molar-refractivity contribution >= 4 is 34.9 Å². The number of aromatic amines is 2. The van der Waals surface area contributed by atoms with Crippen LogP contribution < -0.4 is 5.56 Å². The molecule has 0 unspecified atom stereocenters. The maximum atomic E-state index is 11.8. The van der Waals surface area contributed by atoms with Crippen LogP contribution in [0.15, 0.2) is 39.4 Å². The number of benzene rings is 1. The highest BCUT2D eigenvalue weighted by Gasteiger charge is 2.07. The van der Waals surface area contributed by atoms with Crippen LogP contribution in [0.5, 0.6) is 5.88 Å². The molecule has 3 N–H and O–H groups in total. The average Bonchev–Trinajstić information content (AvgIpc) is 3.03. The highest BCUT2D eigenvalue weighted by Crippen LogP contribution is 2.27. The third-order valence-electron chi connectivity index (χ3n) is 3.65. The molecule has 0 saturated heterocycles. The van der Waals surface area contributed by atoms with Crippen molar-refractivity contribution in [2.45, 2.75) is 20.3 Å². The van der Waals surface area contributed by atoms with Crippen LogP contribution in [0.4, 0.5) is 5.13 Å². The zero-order chi connectivity index (χ0) is 18.7. The molecule has 2 aromatic heterocycles. The van der Waals surface area contributed by atoms with E-state index in [1.54, 1.807) is 0 Å². The Morgan fingerprint density at radius 3 is 2.69 bits per heavy atom. The number of hydrogen-bond acceptors (Lipinski definition) is 6. The summed E-state index contributed by atoms with van der Waals surface area (Å²) in [5, 5.41) is 12.2. The summed E-state index contributed by atoms with van der Waals surface area (Å²) in [6, 6.07) is 8.32. The standard InChI is InChI=1S/C18H18N4O2S2/c1-10(2)7-11-3-5-12(6-4-11)14-9-26-18(20-14)19-8-13-15(23)21-17(25)22-16(13)24/h3-6,8-10H,7H2,1-2H3,(H3,21,22,23,24,25)/b19-8+. The van der Waals surface area contributed by atoms with Crippen LogP contribution in [0.2, 0.25) is 0 Å². The molecule has 2 heterocycles. The van der Waals surface area contributed by atoms with Gasteiger partial charge in [0.25, 0.3) is 5.56 Å². The smallest absolute Gasteiger partial charge is 0.264 e. The summed E-state index contributed by atoms with van der Waals surface area (Å²) < 4.78 is 0.0575. The Bertz CT molecular complexity index is 1050. The lowest BCUT2D eigenvalue weighted by atomic mass is 10.0. The third kappa shape index (κ3) is 4.33. The number of hydrogen-bond donors (Lipinski definition) is 3. The molecular weight excluding hydrogens is 368 g/mol. The maximum absolute atomic E-state index is 11.8. The Labute approximate surface area is 159 Å². The van der Waals surface area contributed by atoms with Gasteiger partial charge < -0.3 is 10.1 Å². The number of H-pyrrole nitrogens is 2. The zero-order valence-electron chi connectivity index (χ0n) is 14.3. The largest absolute Gasteiger partial charge is 0.494 e. The summed E-state index contributed by atoms with van der Waals surface area (Å²) in [6.45, 7) is 4.39. The van der Waals surface area contributed by atoms with Crippen molar-refractivity contribution in [1.29, 1.82) is 0 Å². The van der Waals surface area contributed by atoms with Crippen molar-refractivity contribution in [3.63, 3.8) is 0 Å². The molecule has 26 heavy (non-hydrogen) atoms. The summed E-state index contributed by atoms with van der Waals surface area (Å²) in [6.07, 6.45) is 2.32. The normalized spacial score (nSPS) is 11.5. The van der Waals surface area contributed by atoms with Gasteiger partial charge in [-0.15, -0.1) is 11.3 Å². The molecule has 3 aromatic rings. The Hall–Kier alpha value is -2.58. The first-order valence-electron chi connectivity index (χ1n) is 8.07. The lowest BCUT2D eigenvalue weighted by Crippen LogP contribution is -2.13. The highest BCUT2D eigenvalue weighted by atomic mass is 32.1. The topological polar surface area (TPSA) is 94.1 Å². The molecule has 0 bridgehead atoms. The minimum atomic E-state index is -0.507. The molecule has 0 saturated carbocycles. The maximum Gasteiger partial charge on any atom is 0.264 e. The molecule has 3 rings (SSSR count). The Morgan fingerprint density at radius 1 is 1.31 bits per heavy atom. The average molecular weight is 387 g/mol.